The van der Waals surface area contributed by atoms with Gasteiger partial charge in [0.1, 0.15) is 0 Å². The van der Waals surface area contributed by atoms with Gasteiger partial charge in [0, 0.05) is 23.7 Å². The molecule has 0 atom stereocenters. The summed E-state index contributed by atoms with van der Waals surface area (Å²) in [6.45, 7) is 0. The van der Waals surface area contributed by atoms with Crippen LogP contribution in [0.2, 0.25) is 0 Å². The zero-order valence-corrected chi connectivity index (χ0v) is 6.37. The summed E-state index contributed by atoms with van der Waals surface area (Å²) in [6, 6.07) is 0. The van der Waals surface area contributed by atoms with Crippen LogP contribution in [0, 0.1) is 0 Å². The van der Waals surface area contributed by atoms with E-state index in [2.05, 4.69) is 0 Å². The van der Waals surface area contributed by atoms with Gasteiger partial charge < -0.3 is 0 Å². The van der Waals surface area contributed by atoms with Gasteiger partial charge in [-0.3, -0.25) is 0 Å². The second-order valence-corrected chi connectivity index (χ2v) is 5.02. The Morgan fingerprint density at radius 1 is 0.714 bits per heavy atom. The first kappa shape index (κ1) is 8.11. The standard InChI is InChI=1S/C3H6S3.B/c1-4-2-6-3-5-1;/h1-3H2;. The normalized spacial score (nSPS) is 20.6. The fourth-order valence-corrected chi connectivity index (χ4v) is 4.35. The van der Waals surface area contributed by atoms with Crippen LogP contribution in [0.4, 0.5) is 0 Å². The molecule has 1 saturated heterocycles. The van der Waals surface area contributed by atoms with Crippen molar-refractivity contribution in [3.05, 3.63) is 0 Å². The highest BCUT2D eigenvalue weighted by Crippen LogP contribution is 2.27. The molecule has 0 aromatic carbocycles. The highest BCUT2D eigenvalue weighted by Gasteiger charge is 1.96. The van der Waals surface area contributed by atoms with E-state index in [9.17, 15) is 0 Å². The lowest BCUT2D eigenvalue weighted by molar-refractivity contribution is 2.03. The number of hydrogen-bond donors (Lipinski definition) is 0. The largest absolute Gasteiger partial charge is 0.140 e. The van der Waals surface area contributed by atoms with Crippen molar-refractivity contribution in [2.75, 3.05) is 15.3 Å². The molecular weight excluding hydrogens is 143 g/mol. The molecule has 1 aliphatic rings. The molecule has 0 bridgehead atoms. The third-order valence-electron chi connectivity index (χ3n) is 0.500. The fourth-order valence-electron chi connectivity index (χ4n) is 0.279. The smallest absolute Gasteiger partial charge is 0.0408 e. The van der Waals surface area contributed by atoms with Crippen molar-refractivity contribution in [1.82, 2.24) is 0 Å². The van der Waals surface area contributed by atoms with Crippen LogP contribution in [0.1, 0.15) is 0 Å². The highest BCUT2D eigenvalue weighted by atomic mass is 32.3. The average molecular weight is 149 g/mol. The Balaban J connectivity index is 0.000000360. The van der Waals surface area contributed by atoms with Crippen LogP contribution in [-0.4, -0.2) is 23.7 Å². The van der Waals surface area contributed by atoms with Gasteiger partial charge >= 0.3 is 0 Å². The van der Waals surface area contributed by atoms with Crippen molar-refractivity contribution < 1.29 is 0 Å². The SMILES string of the molecule is C1SCSCS1.[B]. The molecule has 0 unspecified atom stereocenters. The van der Waals surface area contributed by atoms with Crippen LogP contribution in [0.25, 0.3) is 0 Å². The number of hydrogen-bond acceptors (Lipinski definition) is 3. The van der Waals surface area contributed by atoms with E-state index in [1.165, 1.54) is 15.3 Å². The van der Waals surface area contributed by atoms with Crippen LogP contribution in [0.5, 0.6) is 0 Å². The minimum absolute atomic E-state index is 0. The molecule has 4 heteroatoms. The van der Waals surface area contributed by atoms with Gasteiger partial charge in [-0.25, -0.2) is 0 Å². The third kappa shape index (κ3) is 3.68. The molecule has 39 valence electrons. The van der Waals surface area contributed by atoms with Crippen molar-refractivity contribution >= 4 is 43.7 Å². The minimum Gasteiger partial charge on any atom is -0.140 e. The van der Waals surface area contributed by atoms with Crippen molar-refractivity contribution in [3.8, 4) is 0 Å². The Hall–Kier alpha value is 1.11. The van der Waals surface area contributed by atoms with E-state index >= 15 is 0 Å². The van der Waals surface area contributed by atoms with Gasteiger partial charge in [0.2, 0.25) is 0 Å². The molecule has 0 aliphatic carbocycles. The van der Waals surface area contributed by atoms with E-state index in [0.717, 1.165) is 0 Å². The molecule has 7 heavy (non-hydrogen) atoms. The van der Waals surface area contributed by atoms with E-state index in [1.807, 2.05) is 35.3 Å². The first-order valence-electron chi connectivity index (χ1n) is 1.73. The lowest BCUT2D eigenvalue weighted by Crippen LogP contribution is -1.82. The highest BCUT2D eigenvalue weighted by molar-refractivity contribution is 8.31. The maximum Gasteiger partial charge on any atom is 0.0408 e. The van der Waals surface area contributed by atoms with Gasteiger partial charge in [-0.1, -0.05) is 0 Å². The second-order valence-electron chi connectivity index (χ2n) is 0.966. The second kappa shape index (κ2) is 5.26. The predicted molar refractivity (Wildman–Crippen MR) is 43.1 cm³/mol. The van der Waals surface area contributed by atoms with Gasteiger partial charge in [-0.05, 0) is 0 Å². The van der Waals surface area contributed by atoms with E-state index in [-0.39, 0.29) is 8.41 Å². The Kier molecular flexibility index (Phi) is 6.09. The summed E-state index contributed by atoms with van der Waals surface area (Å²) in [6.07, 6.45) is 0. The van der Waals surface area contributed by atoms with Crippen LogP contribution in [-0.2, 0) is 0 Å². The predicted octanol–water partition coefficient (Wildman–Crippen LogP) is 1.69. The van der Waals surface area contributed by atoms with Crippen molar-refractivity contribution in [1.29, 1.82) is 0 Å². The summed E-state index contributed by atoms with van der Waals surface area (Å²) in [5, 5.41) is 3.94. The first-order valence-corrected chi connectivity index (χ1v) is 5.20. The number of rotatable bonds is 0. The van der Waals surface area contributed by atoms with Crippen LogP contribution >= 0.6 is 35.3 Å². The average Bonchev–Trinajstić information content (AvgIpc) is 1.72. The summed E-state index contributed by atoms with van der Waals surface area (Å²) < 4.78 is 0. The van der Waals surface area contributed by atoms with E-state index in [1.54, 1.807) is 0 Å². The van der Waals surface area contributed by atoms with E-state index < -0.39 is 0 Å². The fraction of sp³-hybridized carbons (Fsp3) is 1.00. The molecule has 0 saturated carbocycles. The maximum absolute atomic E-state index is 2.02. The van der Waals surface area contributed by atoms with Crippen molar-refractivity contribution in [2.24, 2.45) is 0 Å². The summed E-state index contributed by atoms with van der Waals surface area (Å²) in [5.74, 6) is 0. The van der Waals surface area contributed by atoms with Gasteiger partial charge in [-0.15, -0.1) is 35.3 Å². The molecule has 0 nitrogen and oxygen atoms in total. The topological polar surface area (TPSA) is 0 Å². The maximum atomic E-state index is 2.02. The zero-order valence-electron chi connectivity index (χ0n) is 3.92. The molecule has 0 aromatic rings. The summed E-state index contributed by atoms with van der Waals surface area (Å²) in [7, 11) is 0. The molecule has 3 radical (unpaired) electrons. The molecule has 1 heterocycles. The van der Waals surface area contributed by atoms with Gasteiger partial charge in [0.05, 0.1) is 0 Å². The van der Waals surface area contributed by atoms with Gasteiger partial charge in [0.25, 0.3) is 0 Å². The molecule has 0 spiro atoms. The minimum atomic E-state index is 0. The lowest BCUT2D eigenvalue weighted by Gasteiger charge is -2.05. The molecule has 0 aromatic heterocycles. The summed E-state index contributed by atoms with van der Waals surface area (Å²) in [5.41, 5.74) is 0. The number of thioether (sulfide) groups is 3. The first-order chi connectivity index (χ1) is 3.00. The Morgan fingerprint density at radius 3 is 1.14 bits per heavy atom. The lowest BCUT2D eigenvalue weighted by atomic mass is 10.8. The van der Waals surface area contributed by atoms with E-state index in [0.29, 0.717) is 0 Å². The van der Waals surface area contributed by atoms with Gasteiger partial charge in [-0.2, -0.15) is 0 Å². The zero-order chi connectivity index (χ0) is 4.24. The molecule has 1 rings (SSSR count). The van der Waals surface area contributed by atoms with Crippen molar-refractivity contribution in [2.45, 2.75) is 0 Å². The molecule has 0 amide bonds. The molecular formula is C3H6BS3. The molecule has 1 aliphatic heterocycles. The Labute approximate surface area is 59.2 Å². The Bertz CT molecular complexity index is 25.7. The van der Waals surface area contributed by atoms with Gasteiger partial charge in [0.15, 0.2) is 0 Å². The third-order valence-corrected chi connectivity index (χ3v) is 4.50. The quantitative estimate of drug-likeness (QED) is 0.481. The van der Waals surface area contributed by atoms with Crippen molar-refractivity contribution in [3.63, 3.8) is 0 Å². The summed E-state index contributed by atoms with van der Waals surface area (Å²) in [4.78, 5) is 0. The monoisotopic (exact) mass is 149 g/mol. The Morgan fingerprint density at radius 2 is 1.00 bits per heavy atom. The molecule has 0 N–H and O–H groups in total. The van der Waals surface area contributed by atoms with Crippen LogP contribution < -0.4 is 0 Å². The van der Waals surface area contributed by atoms with Crippen LogP contribution in [0.3, 0.4) is 0 Å². The molecule has 1 fully saturated rings. The van der Waals surface area contributed by atoms with E-state index in [4.69, 9.17) is 0 Å². The summed E-state index contributed by atoms with van der Waals surface area (Å²) >= 11 is 6.06. The van der Waals surface area contributed by atoms with Crippen LogP contribution in [0.15, 0.2) is 0 Å².